The summed E-state index contributed by atoms with van der Waals surface area (Å²) in [6.07, 6.45) is 3.26. The summed E-state index contributed by atoms with van der Waals surface area (Å²) in [5.74, 6) is 0.469. The van der Waals surface area contributed by atoms with E-state index >= 15 is 0 Å². The summed E-state index contributed by atoms with van der Waals surface area (Å²) >= 11 is 7.32. The summed E-state index contributed by atoms with van der Waals surface area (Å²) in [7, 11) is 0. The zero-order chi connectivity index (χ0) is 18.9. The van der Waals surface area contributed by atoms with Gasteiger partial charge in [0.25, 0.3) is 0 Å². The van der Waals surface area contributed by atoms with E-state index < -0.39 is 5.60 Å². The minimum Gasteiger partial charge on any atom is -0.393 e. The van der Waals surface area contributed by atoms with Crippen molar-refractivity contribution in [3.63, 3.8) is 0 Å². The third kappa shape index (κ3) is 4.02. The lowest BCUT2D eigenvalue weighted by Crippen LogP contribution is -2.25. The van der Waals surface area contributed by atoms with Gasteiger partial charge in [-0.05, 0) is 44.0 Å². The molecular weight excluding hydrogens is 372 g/mol. The van der Waals surface area contributed by atoms with Crippen LogP contribution in [0.4, 0.5) is 11.6 Å². The number of aromatic nitrogens is 3. The molecule has 26 heavy (non-hydrogen) atoms. The van der Waals surface area contributed by atoms with Gasteiger partial charge in [0.15, 0.2) is 0 Å². The van der Waals surface area contributed by atoms with Gasteiger partial charge in [-0.1, -0.05) is 17.7 Å². The van der Waals surface area contributed by atoms with Crippen molar-refractivity contribution >= 4 is 34.6 Å². The summed E-state index contributed by atoms with van der Waals surface area (Å²) in [4.78, 5) is 13.7. The molecule has 1 aromatic carbocycles. The van der Waals surface area contributed by atoms with Crippen molar-refractivity contribution in [2.24, 2.45) is 0 Å². The molecule has 2 aromatic heterocycles. The molecule has 3 rings (SSSR count). The van der Waals surface area contributed by atoms with Crippen molar-refractivity contribution in [3.8, 4) is 10.4 Å². The Balaban J connectivity index is 1.91. The van der Waals surface area contributed by atoms with Crippen molar-refractivity contribution in [2.75, 3.05) is 11.9 Å². The Kier molecular flexibility index (Phi) is 5.24. The van der Waals surface area contributed by atoms with Crippen LogP contribution in [0, 0.1) is 13.8 Å². The van der Waals surface area contributed by atoms with E-state index in [4.69, 9.17) is 11.6 Å². The molecule has 0 fully saturated rings. The first-order valence-corrected chi connectivity index (χ1v) is 9.16. The van der Waals surface area contributed by atoms with Gasteiger partial charge in [0.1, 0.15) is 10.6 Å². The van der Waals surface area contributed by atoms with E-state index in [9.17, 15) is 10.2 Å². The fourth-order valence-corrected chi connectivity index (χ4v) is 3.39. The minimum atomic E-state index is -1.34. The molecule has 8 heteroatoms. The number of halogens is 1. The van der Waals surface area contributed by atoms with Crippen LogP contribution in [-0.4, -0.2) is 31.8 Å². The van der Waals surface area contributed by atoms with Gasteiger partial charge < -0.3 is 15.5 Å². The zero-order valence-corrected chi connectivity index (χ0v) is 16.2. The SMILES string of the molecule is Cc1cc(Nc2ncc(Cl)c(C)n2)cc(-c2cnc(C(C)(O)CO)s2)c1. The smallest absolute Gasteiger partial charge is 0.227 e. The topological polar surface area (TPSA) is 91.2 Å². The number of nitrogens with one attached hydrogen (secondary N) is 1. The molecule has 2 heterocycles. The van der Waals surface area contributed by atoms with Crippen LogP contribution in [0.5, 0.6) is 0 Å². The van der Waals surface area contributed by atoms with Crippen LogP contribution < -0.4 is 5.32 Å². The van der Waals surface area contributed by atoms with Crippen LogP contribution >= 0.6 is 22.9 Å². The fourth-order valence-electron chi connectivity index (χ4n) is 2.36. The van der Waals surface area contributed by atoms with Crippen molar-refractivity contribution in [1.29, 1.82) is 0 Å². The molecule has 3 aromatic rings. The number of benzene rings is 1. The summed E-state index contributed by atoms with van der Waals surface area (Å²) in [5, 5.41) is 23.7. The molecule has 0 amide bonds. The number of aliphatic hydroxyl groups excluding tert-OH is 1. The lowest BCUT2D eigenvalue weighted by atomic mass is 10.1. The van der Waals surface area contributed by atoms with Crippen molar-refractivity contribution in [1.82, 2.24) is 15.0 Å². The van der Waals surface area contributed by atoms with Crippen LogP contribution in [0.15, 0.2) is 30.6 Å². The second-order valence-corrected chi connectivity index (χ2v) is 7.74. The number of rotatable bonds is 5. The van der Waals surface area contributed by atoms with Crippen molar-refractivity contribution in [3.05, 3.63) is 51.9 Å². The molecule has 0 saturated carbocycles. The Hall–Kier alpha value is -2.06. The highest BCUT2D eigenvalue weighted by Gasteiger charge is 2.26. The summed E-state index contributed by atoms with van der Waals surface area (Å²) in [5.41, 5.74) is 2.21. The van der Waals surface area contributed by atoms with E-state index in [0.29, 0.717) is 21.7 Å². The Labute approximate surface area is 160 Å². The largest absolute Gasteiger partial charge is 0.393 e. The van der Waals surface area contributed by atoms with E-state index in [1.807, 2.05) is 32.0 Å². The maximum Gasteiger partial charge on any atom is 0.227 e. The number of anilines is 2. The average molecular weight is 391 g/mol. The van der Waals surface area contributed by atoms with Gasteiger partial charge in [0, 0.05) is 11.9 Å². The number of aliphatic hydroxyl groups is 2. The molecule has 1 atom stereocenters. The molecule has 0 bridgehead atoms. The molecule has 0 aliphatic carbocycles. The molecular formula is C18H19ClN4O2S. The van der Waals surface area contributed by atoms with Crippen LogP contribution in [0.25, 0.3) is 10.4 Å². The van der Waals surface area contributed by atoms with Gasteiger partial charge in [-0.3, -0.25) is 0 Å². The number of hydrogen-bond acceptors (Lipinski definition) is 7. The van der Waals surface area contributed by atoms with Crippen LogP contribution in [0.3, 0.4) is 0 Å². The molecule has 6 nitrogen and oxygen atoms in total. The van der Waals surface area contributed by atoms with E-state index in [-0.39, 0.29) is 6.61 Å². The lowest BCUT2D eigenvalue weighted by molar-refractivity contribution is -0.00244. The quantitative estimate of drug-likeness (QED) is 0.613. The average Bonchev–Trinajstić information content (AvgIpc) is 3.09. The van der Waals surface area contributed by atoms with Gasteiger partial charge in [-0.2, -0.15) is 0 Å². The van der Waals surface area contributed by atoms with Crippen molar-refractivity contribution in [2.45, 2.75) is 26.4 Å². The molecule has 1 unspecified atom stereocenters. The highest BCUT2D eigenvalue weighted by Crippen LogP contribution is 2.34. The van der Waals surface area contributed by atoms with Gasteiger partial charge in [0.2, 0.25) is 5.95 Å². The minimum absolute atomic E-state index is 0.381. The van der Waals surface area contributed by atoms with E-state index in [1.54, 1.807) is 19.3 Å². The van der Waals surface area contributed by atoms with E-state index in [2.05, 4.69) is 20.3 Å². The number of aryl methyl sites for hydroxylation is 2. The highest BCUT2D eigenvalue weighted by atomic mass is 35.5. The summed E-state index contributed by atoms with van der Waals surface area (Å²) < 4.78 is 0. The first-order valence-electron chi connectivity index (χ1n) is 7.96. The zero-order valence-electron chi connectivity index (χ0n) is 14.6. The summed E-state index contributed by atoms with van der Waals surface area (Å²) in [6, 6.07) is 5.98. The second-order valence-electron chi connectivity index (χ2n) is 6.30. The number of nitrogens with zero attached hydrogens (tertiary/aromatic N) is 3. The molecule has 0 aliphatic rings. The summed E-state index contributed by atoms with van der Waals surface area (Å²) in [6.45, 7) is 4.98. The van der Waals surface area contributed by atoms with Gasteiger partial charge >= 0.3 is 0 Å². The second kappa shape index (κ2) is 7.28. The van der Waals surface area contributed by atoms with Gasteiger partial charge in [-0.15, -0.1) is 11.3 Å². The number of hydrogen-bond donors (Lipinski definition) is 3. The maximum atomic E-state index is 10.2. The monoisotopic (exact) mass is 390 g/mol. The first-order chi connectivity index (χ1) is 12.3. The molecule has 0 aliphatic heterocycles. The maximum absolute atomic E-state index is 10.2. The van der Waals surface area contributed by atoms with Crippen LogP contribution in [0.2, 0.25) is 5.02 Å². The number of thiazole rings is 1. The first kappa shape index (κ1) is 18.7. The van der Waals surface area contributed by atoms with Crippen LogP contribution in [0.1, 0.15) is 23.2 Å². The molecule has 0 spiro atoms. The predicted octanol–water partition coefficient (Wildman–Crippen LogP) is 3.81. The highest BCUT2D eigenvalue weighted by molar-refractivity contribution is 7.15. The Bertz CT molecular complexity index is 943. The van der Waals surface area contributed by atoms with E-state index in [0.717, 1.165) is 21.7 Å². The predicted molar refractivity (Wildman–Crippen MR) is 104 cm³/mol. The Morgan fingerprint density at radius 2 is 1.96 bits per heavy atom. The third-order valence-corrected chi connectivity index (χ3v) is 5.48. The third-order valence-electron chi connectivity index (χ3n) is 3.81. The lowest BCUT2D eigenvalue weighted by Gasteiger charge is -2.16. The molecule has 136 valence electrons. The van der Waals surface area contributed by atoms with E-state index in [1.165, 1.54) is 11.3 Å². The van der Waals surface area contributed by atoms with Gasteiger partial charge in [0.05, 0.1) is 28.4 Å². The molecule has 0 radical (unpaired) electrons. The Morgan fingerprint density at radius 3 is 2.65 bits per heavy atom. The molecule has 0 saturated heterocycles. The molecule has 3 N–H and O–H groups in total. The van der Waals surface area contributed by atoms with Crippen LogP contribution in [-0.2, 0) is 5.60 Å². The van der Waals surface area contributed by atoms with Crippen molar-refractivity contribution < 1.29 is 10.2 Å². The normalized spacial score (nSPS) is 13.5. The fraction of sp³-hybridized carbons (Fsp3) is 0.278. The van der Waals surface area contributed by atoms with Gasteiger partial charge in [-0.25, -0.2) is 15.0 Å². The standard InChI is InChI=1S/C18H19ClN4O2S/c1-10-4-12(15-8-20-16(26-15)18(3,25)9-24)6-13(5-10)23-17-21-7-14(19)11(2)22-17/h4-8,24-25H,9H2,1-3H3,(H,21,22,23). The Morgan fingerprint density at radius 1 is 1.19 bits per heavy atom.